The Bertz CT molecular complexity index is 988. The van der Waals surface area contributed by atoms with E-state index in [4.69, 9.17) is 39.1 Å². The summed E-state index contributed by atoms with van der Waals surface area (Å²) in [7, 11) is 0. The normalized spacial score (nSPS) is 10.5. The predicted molar refractivity (Wildman–Crippen MR) is 111 cm³/mol. The van der Waals surface area contributed by atoms with Crippen molar-refractivity contribution in [3.05, 3.63) is 57.6 Å². The highest BCUT2D eigenvalue weighted by atomic mass is 35.5. The molecule has 0 aromatic heterocycles. The molecule has 142 valence electrons. The summed E-state index contributed by atoms with van der Waals surface area (Å²) in [5, 5.41) is 12.7. The average Bonchev–Trinajstić information content (AvgIpc) is 2.67. The van der Waals surface area contributed by atoms with E-state index in [2.05, 4.69) is 11.2 Å². The first-order valence-corrected chi connectivity index (χ1v) is 8.95. The van der Waals surface area contributed by atoms with Crippen molar-refractivity contribution in [3.8, 4) is 29.9 Å². The van der Waals surface area contributed by atoms with Crippen LogP contribution in [0, 0.1) is 23.7 Å². The van der Waals surface area contributed by atoms with Crippen LogP contribution in [0.1, 0.15) is 12.5 Å². The minimum atomic E-state index is -0.600. The van der Waals surface area contributed by atoms with Crippen molar-refractivity contribution in [2.75, 3.05) is 18.5 Å². The van der Waals surface area contributed by atoms with Gasteiger partial charge in [-0.1, -0.05) is 35.2 Å². The fraction of sp³-hybridized carbons (Fsp3) is 0.143. The molecule has 28 heavy (non-hydrogen) atoms. The largest absolute Gasteiger partial charge is 0.490 e. The van der Waals surface area contributed by atoms with E-state index in [1.165, 1.54) is 12.1 Å². The number of nitriles is 1. The number of terminal acetylenes is 1. The predicted octanol–water partition coefficient (Wildman–Crippen LogP) is 4.95. The van der Waals surface area contributed by atoms with E-state index in [9.17, 15) is 10.1 Å². The molecule has 0 radical (unpaired) electrons. The summed E-state index contributed by atoms with van der Waals surface area (Å²) >= 11 is 11.9. The minimum absolute atomic E-state index is 0.100. The smallest absolute Gasteiger partial charge is 0.266 e. The van der Waals surface area contributed by atoms with Gasteiger partial charge in [-0.25, -0.2) is 0 Å². The van der Waals surface area contributed by atoms with Crippen LogP contribution in [0.25, 0.3) is 6.08 Å². The van der Waals surface area contributed by atoms with E-state index in [1.807, 2.05) is 13.0 Å². The number of anilines is 1. The van der Waals surface area contributed by atoms with Crippen molar-refractivity contribution in [1.82, 2.24) is 0 Å². The quantitative estimate of drug-likeness (QED) is 0.395. The number of nitrogens with zero attached hydrogens (tertiary/aromatic N) is 1. The van der Waals surface area contributed by atoms with Crippen molar-refractivity contribution in [2.45, 2.75) is 6.92 Å². The van der Waals surface area contributed by atoms with Crippen LogP contribution in [0.5, 0.6) is 11.5 Å². The minimum Gasteiger partial charge on any atom is -0.490 e. The molecular weight excluding hydrogens is 399 g/mol. The molecule has 2 aromatic carbocycles. The Morgan fingerprint density at radius 2 is 2.00 bits per heavy atom. The summed E-state index contributed by atoms with van der Waals surface area (Å²) in [5.74, 6) is 2.73. The zero-order valence-corrected chi connectivity index (χ0v) is 16.5. The molecule has 7 heteroatoms. The molecule has 0 fully saturated rings. The SMILES string of the molecule is C#CCOc1ccc(/C=C(\C#N)C(=O)Nc2ccc(Cl)cc2Cl)cc1OCC. The Hall–Kier alpha value is -3.12. The number of carbonyl (C=O) groups is 1. The Morgan fingerprint density at radius 1 is 1.21 bits per heavy atom. The Labute approximate surface area is 173 Å². The van der Waals surface area contributed by atoms with Crippen LogP contribution in [0.15, 0.2) is 42.0 Å². The maximum atomic E-state index is 12.4. The number of nitrogens with one attached hydrogen (secondary N) is 1. The van der Waals surface area contributed by atoms with Crippen LogP contribution < -0.4 is 14.8 Å². The van der Waals surface area contributed by atoms with Gasteiger partial charge >= 0.3 is 0 Å². The second-order valence-electron chi connectivity index (χ2n) is 5.38. The molecule has 0 heterocycles. The maximum absolute atomic E-state index is 12.4. The van der Waals surface area contributed by atoms with E-state index in [1.54, 1.807) is 30.3 Å². The zero-order chi connectivity index (χ0) is 20.5. The highest BCUT2D eigenvalue weighted by Gasteiger charge is 2.13. The third-order valence-electron chi connectivity index (χ3n) is 3.43. The molecule has 0 spiro atoms. The van der Waals surface area contributed by atoms with Crippen molar-refractivity contribution in [2.24, 2.45) is 0 Å². The van der Waals surface area contributed by atoms with E-state index in [0.29, 0.717) is 34.4 Å². The lowest BCUT2D eigenvalue weighted by Crippen LogP contribution is -2.13. The van der Waals surface area contributed by atoms with Gasteiger partial charge in [-0.15, -0.1) is 6.42 Å². The maximum Gasteiger partial charge on any atom is 0.266 e. The van der Waals surface area contributed by atoms with E-state index in [-0.39, 0.29) is 17.2 Å². The summed E-state index contributed by atoms with van der Waals surface area (Å²) in [6.07, 6.45) is 6.64. The first-order valence-electron chi connectivity index (χ1n) is 8.19. The Morgan fingerprint density at radius 3 is 2.64 bits per heavy atom. The Kier molecular flexibility index (Phi) is 7.77. The van der Waals surface area contributed by atoms with E-state index in [0.717, 1.165) is 0 Å². The molecule has 2 rings (SSSR count). The molecule has 0 atom stereocenters. The summed E-state index contributed by atoms with van der Waals surface area (Å²) in [6.45, 7) is 2.35. The first-order chi connectivity index (χ1) is 13.5. The van der Waals surface area contributed by atoms with Crippen LogP contribution >= 0.6 is 23.2 Å². The number of rotatable bonds is 7. The van der Waals surface area contributed by atoms with Gasteiger partial charge in [0.15, 0.2) is 11.5 Å². The van der Waals surface area contributed by atoms with Gasteiger partial charge in [-0.2, -0.15) is 5.26 Å². The molecule has 5 nitrogen and oxygen atoms in total. The van der Waals surface area contributed by atoms with Gasteiger partial charge in [-0.3, -0.25) is 4.79 Å². The summed E-state index contributed by atoms with van der Waals surface area (Å²) in [5.41, 5.74) is 0.835. The molecule has 0 aliphatic rings. The number of benzene rings is 2. The molecule has 1 N–H and O–H groups in total. The van der Waals surface area contributed by atoms with Crippen LogP contribution in [0.3, 0.4) is 0 Å². The monoisotopic (exact) mass is 414 g/mol. The summed E-state index contributed by atoms with van der Waals surface area (Å²) in [6, 6.07) is 11.5. The van der Waals surface area contributed by atoms with Crippen LogP contribution in [-0.4, -0.2) is 19.1 Å². The lowest BCUT2D eigenvalue weighted by Gasteiger charge is -2.11. The molecule has 2 aromatic rings. The standard InChI is InChI=1S/C21H16Cl2N2O3/c1-3-9-28-19-8-5-14(11-20(19)27-4-2)10-15(13-24)21(26)25-18-7-6-16(22)12-17(18)23/h1,5-8,10-12H,4,9H2,2H3,(H,25,26)/b15-10+. The number of amides is 1. The molecule has 0 bridgehead atoms. The number of ether oxygens (including phenoxy) is 2. The van der Waals surface area contributed by atoms with Gasteiger partial charge < -0.3 is 14.8 Å². The van der Waals surface area contributed by atoms with E-state index >= 15 is 0 Å². The van der Waals surface area contributed by atoms with Gasteiger partial charge in [0.1, 0.15) is 18.2 Å². The molecule has 1 amide bonds. The number of hydrogen-bond acceptors (Lipinski definition) is 4. The number of carbonyl (C=O) groups excluding carboxylic acids is 1. The van der Waals surface area contributed by atoms with Gasteiger partial charge in [0, 0.05) is 5.02 Å². The fourth-order valence-electron chi connectivity index (χ4n) is 2.22. The number of halogens is 2. The molecule has 0 unspecified atom stereocenters. The third kappa shape index (κ3) is 5.69. The third-order valence-corrected chi connectivity index (χ3v) is 3.98. The lowest BCUT2D eigenvalue weighted by atomic mass is 10.1. The highest BCUT2D eigenvalue weighted by molar-refractivity contribution is 6.36. The molecule has 0 saturated carbocycles. The van der Waals surface area contributed by atoms with Gasteiger partial charge in [-0.05, 0) is 48.9 Å². The molecular formula is C21H16Cl2N2O3. The highest BCUT2D eigenvalue weighted by Crippen LogP contribution is 2.30. The topological polar surface area (TPSA) is 71.3 Å². The van der Waals surface area contributed by atoms with Gasteiger partial charge in [0.2, 0.25) is 0 Å². The van der Waals surface area contributed by atoms with Crippen molar-refractivity contribution >= 4 is 40.9 Å². The van der Waals surface area contributed by atoms with Gasteiger partial charge in [0.25, 0.3) is 5.91 Å². The van der Waals surface area contributed by atoms with Crippen LogP contribution in [-0.2, 0) is 4.79 Å². The average molecular weight is 415 g/mol. The van der Waals surface area contributed by atoms with Crippen LogP contribution in [0.2, 0.25) is 10.0 Å². The van der Waals surface area contributed by atoms with Gasteiger partial charge in [0.05, 0.1) is 17.3 Å². The Balaban J connectivity index is 2.27. The summed E-state index contributed by atoms with van der Waals surface area (Å²) < 4.78 is 11.0. The second-order valence-corrected chi connectivity index (χ2v) is 6.22. The molecule has 0 saturated heterocycles. The molecule has 0 aliphatic carbocycles. The fourth-order valence-corrected chi connectivity index (χ4v) is 2.67. The summed E-state index contributed by atoms with van der Waals surface area (Å²) in [4.78, 5) is 12.4. The second kappa shape index (κ2) is 10.3. The zero-order valence-electron chi connectivity index (χ0n) is 15.0. The van der Waals surface area contributed by atoms with Crippen molar-refractivity contribution < 1.29 is 14.3 Å². The lowest BCUT2D eigenvalue weighted by molar-refractivity contribution is -0.112. The van der Waals surface area contributed by atoms with Crippen LogP contribution in [0.4, 0.5) is 5.69 Å². The van der Waals surface area contributed by atoms with E-state index < -0.39 is 5.91 Å². The number of hydrogen-bond donors (Lipinski definition) is 1. The van der Waals surface area contributed by atoms with Crippen molar-refractivity contribution in [3.63, 3.8) is 0 Å². The molecule has 0 aliphatic heterocycles. The van der Waals surface area contributed by atoms with Crippen molar-refractivity contribution in [1.29, 1.82) is 5.26 Å². The first kappa shape index (κ1) is 21.2.